The lowest BCUT2D eigenvalue weighted by Gasteiger charge is -2.09. The number of aryl methyl sites for hydroxylation is 1. The van der Waals surface area contributed by atoms with Gasteiger partial charge in [0.1, 0.15) is 5.82 Å². The van der Waals surface area contributed by atoms with Crippen molar-refractivity contribution >= 4 is 5.78 Å². The predicted octanol–water partition coefficient (Wildman–Crippen LogP) is 3.93. The van der Waals surface area contributed by atoms with Crippen LogP contribution in [0.15, 0.2) is 36.4 Å². The maximum atomic E-state index is 13.5. The smallest absolute Gasteiger partial charge is 0.163 e. The van der Waals surface area contributed by atoms with E-state index in [9.17, 15) is 9.18 Å². The second-order valence-corrected chi connectivity index (χ2v) is 4.77. The highest BCUT2D eigenvalue weighted by Crippen LogP contribution is 2.33. The van der Waals surface area contributed by atoms with Gasteiger partial charge in [-0.15, -0.1) is 0 Å². The summed E-state index contributed by atoms with van der Waals surface area (Å²) in [5.41, 5.74) is 4.61. The first-order chi connectivity index (χ1) is 8.65. The average Bonchev–Trinajstić information content (AvgIpc) is 2.70. The van der Waals surface area contributed by atoms with Gasteiger partial charge in [0.15, 0.2) is 5.78 Å². The molecular formula is C16H13FO. The summed E-state index contributed by atoms with van der Waals surface area (Å²) in [6.45, 7) is 1.88. The minimum atomic E-state index is -0.230. The molecule has 0 spiro atoms. The summed E-state index contributed by atoms with van der Waals surface area (Å²) in [4.78, 5) is 11.7. The number of hydrogen-bond donors (Lipinski definition) is 0. The van der Waals surface area contributed by atoms with Crippen molar-refractivity contribution in [1.82, 2.24) is 0 Å². The standard InChI is InChI=1S/C16H13FO/c1-10-7-11(9-12(17)8-10)13-3-2-4-15-14(13)5-6-16(15)18/h2-4,7-9H,5-6H2,1H3. The molecule has 18 heavy (non-hydrogen) atoms. The van der Waals surface area contributed by atoms with E-state index in [-0.39, 0.29) is 11.6 Å². The van der Waals surface area contributed by atoms with Crippen molar-refractivity contribution in [3.05, 3.63) is 58.9 Å². The summed E-state index contributed by atoms with van der Waals surface area (Å²) in [5, 5.41) is 0. The van der Waals surface area contributed by atoms with Crippen LogP contribution >= 0.6 is 0 Å². The summed E-state index contributed by atoms with van der Waals surface area (Å²) in [5.74, 6) is -0.0353. The predicted molar refractivity (Wildman–Crippen MR) is 69.2 cm³/mol. The van der Waals surface area contributed by atoms with Gasteiger partial charge in [-0.05, 0) is 47.7 Å². The minimum Gasteiger partial charge on any atom is -0.294 e. The number of fused-ring (bicyclic) bond motifs is 1. The van der Waals surface area contributed by atoms with E-state index in [4.69, 9.17) is 0 Å². The van der Waals surface area contributed by atoms with Crippen LogP contribution in [0, 0.1) is 12.7 Å². The van der Waals surface area contributed by atoms with Gasteiger partial charge in [0.05, 0.1) is 0 Å². The number of hydrogen-bond acceptors (Lipinski definition) is 1. The van der Waals surface area contributed by atoms with Gasteiger partial charge < -0.3 is 0 Å². The second kappa shape index (κ2) is 4.05. The lowest BCUT2D eigenvalue weighted by atomic mass is 9.96. The Hall–Kier alpha value is -1.96. The van der Waals surface area contributed by atoms with Gasteiger partial charge in [-0.2, -0.15) is 0 Å². The van der Waals surface area contributed by atoms with Gasteiger partial charge in [0.25, 0.3) is 0 Å². The maximum absolute atomic E-state index is 13.5. The van der Waals surface area contributed by atoms with E-state index < -0.39 is 0 Å². The number of benzene rings is 2. The number of carbonyl (C=O) groups is 1. The highest BCUT2D eigenvalue weighted by molar-refractivity contribution is 6.02. The van der Waals surface area contributed by atoms with Crippen molar-refractivity contribution < 1.29 is 9.18 Å². The Morgan fingerprint density at radius 2 is 1.83 bits per heavy atom. The summed E-state index contributed by atoms with van der Waals surface area (Å²) in [6.07, 6.45) is 1.33. The Kier molecular flexibility index (Phi) is 2.51. The van der Waals surface area contributed by atoms with Crippen LogP contribution in [0.4, 0.5) is 4.39 Å². The molecule has 90 valence electrons. The highest BCUT2D eigenvalue weighted by atomic mass is 19.1. The molecule has 0 N–H and O–H groups in total. The largest absolute Gasteiger partial charge is 0.294 e. The van der Waals surface area contributed by atoms with E-state index in [1.165, 1.54) is 12.1 Å². The number of halogens is 1. The molecule has 2 aromatic rings. The fourth-order valence-corrected chi connectivity index (χ4v) is 2.65. The lowest BCUT2D eigenvalue weighted by molar-refractivity contribution is 0.0994. The zero-order valence-corrected chi connectivity index (χ0v) is 10.2. The van der Waals surface area contributed by atoms with E-state index in [0.29, 0.717) is 6.42 Å². The molecule has 0 radical (unpaired) electrons. The number of ketones is 1. The average molecular weight is 240 g/mol. The molecule has 0 fully saturated rings. The van der Waals surface area contributed by atoms with Gasteiger partial charge >= 0.3 is 0 Å². The Morgan fingerprint density at radius 3 is 2.61 bits per heavy atom. The highest BCUT2D eigenvalue weighted by Gasteiger charge is 2.22. The molecule has 1 aliphatic carbocycles. The molecule has 2 aromatic carbocycles. The van der Waals surface area contributed by atoms with Crippen LogP contribution in [0.1, 0.15) is 27.9 Å². The van der Waals surface area contributed by atoms with Crippen molar-refractivity contribution in [2.45, 2.75) is 19.8 Å². The van der Waals surface area contributed by atoms with Crippen LogP contribution in [0.2, 0.25) is 0 Å². The number of Topliss-reactive ketones (excluding diaryl/α,β-unsaturated/α-hetero) is 1. The normalized spacial score (nSPS) is 13.8. The Balaban J connectivity index is 2.21. The zero-order valence-electron chi connectivity index (χ0n) is 10.2. The van der Waals surface area contributed by atoms with Crippen molar-refractivity contribution in [3.8, 4) is 11.1 Å². The summed E-state index contributed by atoms with van der Waals surface area (Å²) in [6, 6.07) is 10.7. The van der Waals surface area contributed by atoms with Crippen molar-refractivity contribution in [2.24, 2.45) is 0 Å². The third kappa shape index (κ3) is 1.74. The molecule has 0 bridgehead atoms. The molecule has 0 atom stereocenters. The Morgan fingerprint density at radius 1 is 1.06 bits per heavy atom. The van der Waals surface area contributed by atoms with Crippen molar-refractivity contribution in [1.29, 1.82) is 0 Å². The molecule has 0 saturated carbocycles. The van der Waals surface area contributed by atoms with E-state index >= 15 is 0 Å². The van der Waals surface area contributed by atoms with Gasteiger partial charge in [-0.1, -0.05) is 24.3 Å². The fourth-order valence-electron chi connectivity index (χ4n) is 2.65. The third-order valence-electron chi connectivity index (χ3n) is 3.43. The molecule has 3 rings (SSSR count). The number of carbonyl (C=O) groups excluding carboxylic acids is 1. The monoisotopic (exact) mass is 240 g/mol. The molecule has 1 nitrogen and oxygen atoms in total. The Labute approximate surface area is 105 Å². The van der Waals surface area contributed by atoms with Crippen LogP contribution < -0.4 is 0 Å². The van der Waals surface area contributed by atoms with E-state index in [0.717, 1.165) is 34.2 Å². The molecule has 0 amide bonds. The van der Waals surface area contributed by atoms with Crippen LogP contribution in [0.3, 0.4) is 0 Å². The second-order valence-electron chi connectivity index (χ2n) is 4.77. The summed E-state index contributed by atoms with van der Waals surface area (Å²) >= 11 is 0. The molecule has 0 aromatic heterocycles. The van der Waals surface area contributed by atoms with E-state index in [2.05, 4.69) is 0 Å². The lowest BCUT2D eigenvalue weighted by Crippen LogP contribution is -1.93. The Bertz CT molecular complexity index is 623. The topological polar surface area (TPSA) is 17.1 Å². The SMILES string of the molecule is Cc1cc(F)cc(-c2cccc3c2CCC3=O)c1. The first kappa shape index (κ1) is 11.1. The zero-order chi connectivity index (χ0) is 12.7. The summed E-state index contributed by atoms with van der Waals surface area (Å²) in [7, 11) is 0. The van der Waals surface area contributed by atoms with Gasteiger partial charge in [0.2, 0.25) is 0 Å². The maximum Gasteiger partial charge on any atom is 0.163 e. The van der Waals surface area contributed by atoms with Gasteiger partial charge in [-0.25, -0.2) is 4.39 Å². The molecule has 0 aliphatic heterocycles. The molecular weight excluding hydrogens is 227 g/mol. The third-order valence-corrected chi connectivity index (χ3v) is 3.43. The molecule has 0 heterocycles. The van der Waals surface area contributed by atoms with Crippen molar-refractivity contribution in [3.63, 3.8) is 0 Å². The van der Waals surface area contributed by atoms with E-state index in [1.54, 1.807) is 0 Å². The van der Waals surface area contributed by atoms with Crippen LogP contribution in [0.25, 0.3) is 11.1 Å². The molecule has 0 saturated heterocycles. The fraction of sp³-hybridized carbons (Fsp3) is 0.188. The first-order valence-corrected chi connectivity index (χ1v) is 6.08. The molecule has 1 aliphatic rings. The van der Waals surface area contributed by atoms with E-state index in [1.807, 2.05) is 31.2 Å². The quantitative estimate of drug-likeness (QED) is 0.738. The first-order valence-electron chi connectivity index (χ1n) is 6.08. The van der Waals surface area contributed by atoms with Crippen LogP contribution in [0.5, 0.6) is 0 Å². The van der Waals surface area contributed by atoms with Gasteiger partial charge in [0, 0.05) is 12.0 Å². The van der Waals surface area contributed by atoms with Crippen LogP contribution in [-0.2, 0) is 6.42 Å². The van der Waals surface area contributed by atoms with Crippen LogP contribution in [-0.4, -0.2) is 5.78 Å². The number of rotatable bonds is 1. The van der Waals surface area contributed by atoms with Crippen molar-refractivity contribution in [2.75, 3.05) is 0 Å². The molecule has 0 unspecified atom stereocenters. The molecule has 2 heteroatoms. The minimum absolute atomic E-state index is 0.194. The summed E-state index contributed by atoms with van der Waals surface area (Å²) < 4.78 is 13.5. The van der Waals surface area contributed by atoms with Gasteiger partial charge in [-0.3, -0.25) is 4.79 Å².